The van der Waals surface area contributed by atoms with Gasteiger partial charge in [0.1, 0.15) is 6.61 Å². The molecule has 306 valence electrons. The monoisotopic (exact) mass is 773 g/mol. The molecular weight excluding hydrogens is 699 g/mol. The average Bonchev–Trinajstić information content (AvgIpc) is 3.14. The normalized spacial score (nSPS) is 13.5. The molecular formula is C45H73O8P. The summed E-state index contributed by atoms with van der Waals surface area (Å²) in [5.74, 6) is -1.00. The predicted octanol–water partition coefficient (Wildman–Crippen LogP) is 12.6. The molecule has 9 heteroatoms. The summed E-state index contributed by atoms with van der Waals surface area (Å²) in [7, 11) is -4.78. The summed E-state index contributed by atoms with van der Waals surface area (Å²) in [6.45, 7) is 3.46. The number of rotatable bonds is 36. The standard InChI is InChI=1S/C45H73O8P/c1-3-5-7-9-11-13-15-17-19-21-22-24-26-28-30-32-34-36-38-40-45(47)53-43(42-52-54(48,49)50)41-51-44(46)39-37-35-33-31-29-27-25-23-20-18-16-14-12-10-8-6-4-2/h5,7,11-14,17-20,22,24,28,30,34,36,43H,3-4,6,8-10,15-16,21,23,25-27,29,31-33,35,37-42H2,1-2H3,(H2,48,49,50)/b7-5+,13-11+,14-12+,19-17+,20-18+,24-22+,30-28+,36-34+/t43-/m1/s1. The van der Waals surface area contributed by atoms with Crippen molar-refractivity contribution in [2.75, 3.05) is 13.2 Å². The largest absolute Gasteiger partial charge is 0.469 e. The summed E-state index contributed by atoms with van der Waals surface area (Å²) in [4.78, 5) is 42.8. The van der Waals surface area contributed by atoms with Crippen LogP contribution in [0.5, 0.6) is 0 Å². The Labute approximate surface area is 328 Å². The van der Waals surface area contributed by atoms with Crippen LogP contribution in [0.3, 0.4) is 0 Å². The van der Waals surface area contributed by atoms with E-state index in [2.05, 4.69) is 103 Å². The van der Waals surface area contributed by atoms with Crippen molar-refractivity contribution >= 4 is 19.8 Å². The SMILES string of the molecule is CC/C=C/C/C=C/C/C=C/C/C=C/C/C=C/C/C=C/CCC(=O)O[C@H](COC(=O)CCCCCCCCC/C=C/C/C=C/CCCCC)COP(=O)(O)O. The van der Waals surface area contributed by atoms with Crippen molar-refractivity contribution in [2.45, 2.75) is 161 Å². The molecule has 0 amide bonds. The number of hydrogen-bond acceptors (Lipinski definition) is 6. The lowest BCUT2D eigenvalue weighted by Gasteiger charge is -2.18. The van der Waals surface area contributed by atoms with E-state index in [9.17, 15) is 14.2 Å². The quantitative estimate of drug-likeness (QED) is 0.0280. The number of ether oxygens (including phenoxy) is 2. The van der Waals surface area contributed by atoms with Crippen LogP contribution in [0.1, 0.15) is 155 Å². The molecule has 0 spiro atoms. The lowest BCUT2D eigenvalue weighted by atomic mass is 10.1. The molecule has 54 heavy (non-hydrogen) atoms. The molecule has 0 unspecified atom stereocenters. The van der Waals surface area contributed by atoms with Gasteiger partial charge >= 0.3 is 19.8 Å². The van der Waals surface area contributed by atoms with Crippen LogP contribution in [0, 0.1) is 0 Å². The van der Waals surface area contributed by atoms with E-state index < -0.39 is 32.5 Å². The Bertz CT molecular complexity index is 1190. The Hall–Kier alpha value is -3.03. The molecule has 2 N–H and O–H groups in total. The van der Waals surface area contributed by atoms with E-state index in [4.69, 9.17) is 19.3 Å². The fraction of sp³-hybridized carbons (Fsp3) is 0.600. The summed E-state index contributed by atoms with van der Waals surface area (Å²) in [6, 6.07) is 0. The summed E-state index contributed by atoms with van der Waals surface area (Å²) in [6.07, 6.45) is 54.2. The van der Waals surface area contributed by atoms with E-state index in [1.165, 1.54) is 44.9 Å². The van der Waals surface area contributed by atoms with Gasteiger partial charge in [-0.3, -0.25) is 14.1 Å². The number of allylic oxidation sites excluding steroid dienone is 16. The second-order valence-electron chi connectivity index (χ2n) is 13.2. The zero-order valence-corrected chi connectivity index (χ0v) is 34.5. The number of phosphoric ester groups is 1. The van der Waals surface area contributed by atoms with Crippen molar-refractivity contribution in [1.29, 1.82) is 0 Å². The summed E-state index contributed by atoms with van der Waals surface area (Å²) < 4.78 is 26.3. The van der Waals surface area contributed by atoms with Gasteiger partial charge in [-0.05, 0) is 83.5 Å². The highest BCUT2D eigenvalue weighted by Crippen LogP contribution is 2.36. The van der Waals surface area contributed by atoms with Crippen LogP contribution in [0.2, 0.25) is 0 Å². The lowest BCUT2D eigenvalue weighted by molar-refractivity contribution is -0.161. The smallest absolute Gasteiger partial charge is 0.462 e. The molecule has 0 radical (unpaired) electrons. The maximum atomic E-state index is 12.4. The molecule has 0 heterocycles. The molecule has 0 bridgehead atoms. The molecule has 0 rings (SSSR count). The summed E-state index contributed by atoms with van der Waals surface area (Å²) in [5, 5.41) is 0. The molecule has 0 fully saturated rings. The van der Waals surface area contributed by atoms with Gasteiger partial charge in [-0.15, -0.1) is 0 Å². The highest BCUT2D eigenvalue weighted by molar-refractivity contribution is 7.46. The third kappa shape index (κ3) is 41.7. The van der Waals surface area contributed by atoms with Crippen LogP contribution >= 0.6 is 7.82 Å². The number of esters is 2. The highest BCUT2D eigenvalue weighted by atomic mass is 31.2. The maximum Gasteiger partial charge on any atom is 0.469 e. The minimum Gasteiger partial charge on any atom is -0.462 e. The zero-order valence-electron chi connectivity index (χ0n) is 33.6. The van der Waals surface area contributed by atoms with E-state index >= 15 is 0 Å². The van der Waals surface area contributed by atoms with Crippen LogP contribution in [-0.4, -0.2) is 41.0 Å². The predicted molar refractivity (Wildman–Crippen MR) is 225 cm³/mol. The Kier molecular flexibility index (Phi) is 37.4. The molecule has 0 aliphatic heterocycles. The van der Waals surface area contributed by atoms with Crippen LogP contribution in [-0.2, 0) is 28.2 Å². The first kappa shape index (κ1) is 51.0. The first-order valence-corrected chi connectivity index (χ1v) is 22.1. The van der Waals surface area contributed by atoms with E-state index in [1.54, 1.807) is 0 Å². The van der Waals surface area contributed by atoms with Gasteiger partial charge in [0.05, 0.1) is 6.61 Å². The van der Waals surface area contributed by atoms with Crippen LogP contribution < -0.4 is 0 Å². The second-order valence-corrected chi connectivity index (χ2v) is 14.5. The first-order chi connectivity index (χ1) is 26.3. The number of carbonyl (C=O) groups is 2. The number of unbranched alkanes of at least 4 members (excludes halogenated alkanes) is 10. The molecule has 0 saturated carbocycles. The fourth-order valence-corrected chi connectivity index (χ4v) is 5.43. The molecule has 0 aliphatic rings. The molecule has 0 saturated heterocycles. The molecule has 1 atom stereocenters. The third-order valence-electron chi connectivity index (χ3n) is 8.10. The van der Waals surface area contributed by atoms with Crippen molar-refractivity contribution in [3.63, 3.8) is 0 Å². The zero-order chi connectivity index (χ0) is 39.6. The van der Waals surface area contributed by atoms with Crippen LogP contribution in [0.15, 0.2) is 97.2 Å². The second kappa shape index (κ2) is 39.7. The minimum absolute atomic E-state index is 0.0794. The summed E-state index contributed by atoms with van der Waals surface area (Å²) >= 11 is 0. The van der Waals surface area contributed by atoms with Crippen molar-refractivity contribution in [2.24, 2.45) is 0 Å². The first-order valence-electron chi connectivity index (χ1n) is 20.5. The Morgan fingerprint density at radius 1 is 0.500 bits per heavy atom. The molecule has 0 aromatic rings. The van der Waals surface area contributed by atoms with Gasteiger partial charge in [0.25, 0.3) is 0 Å². The number of carbonyl (C=O) groups excluding carboxylic acids is 2. The van der Waals surface area contributed by atoms with Crippen LogP contribution in [0.4, 0.5) is 0 Å². The highest BCUT2D eigenvalue weighted by Gasteiger charge is 2.22. The Morgan fingerprint density at radius 2 is 0.926 bits per heavy atom. The Balaban J connectivity index is 4.10. The summed E-state index contributed by atoms with van der Waals surface area (Å²) in [5.41, 5.74) is 0. The van der Waals surface area contributed by atoms with Crippen LogP contribution in [0.25, 0.3) is 0 Å². The minimum atomic E-state index is -4.78. The van der Waals surface area contributed by atoms with Gasteiger partial charge in [-0.25, -0.2) is 4.57 Å². The van der Waals surface area contributed by atoms with Crippen molar-refractivity contribution in [1.82, 2.24) is 0 Å². The van der Waals surface area contributed by atoms with Gasteiger partial charge < -0.3 is 19.3 Å². The van der Waals surface area contributed by atoms with E-state index in [0.717, 1.165) is 70.6 Å². The third-order valence-corrected chi connectivity index (χ3v) is 8.59. The average molecular weight is 773 g/mol. The molecule has 0 aliphatic carbocycles. The van der Waals surface area contributed by atoms with Crippen molar-refractivity contribution < 1.29 is 37.9 Å². The van der Waals surface area contributed by atoms with Gasteiger partial charge in [-0.2, -0.15) is 0 Å². The van der Waals surface area contributed by atoms with Crippen molar-refractivity contribution in [3.05, 3.63) is 97.2 Å². The van der Waals surface area contributed by atoms with E-state index in [-0.39, 0.29) is 19.4 Å². The van der Waals surface area contributed by atoms with Gasteiger partial charge in [0.15, 0.2) is 6.10 Å². The Morgan fingerprint density at radius 3 is 1.41 bits per heavy atom. The van der Waals surface area contributed by atoms with E-state index in [1.807, 2.05) is 12.2 Å². The van der Waals surface area contributed by atoms with E-state index in [0.29, 0.717) is 12.8 Å². The fourth-order valence-electron chi connectivity index (χ4n) is 5.07. The number of hydrogen-bond donors (Lipinski definition) is 2. The lowest BCUT2D eigenvalue weighted by Crippen LogP contribution is -2.29. The molecule has 8 nitrogen and oxygen atoms in total. The van der Waals surface area contributed by atoms with Crippen molar-refractivity contribution in [3.8, 4) is 0 Å². The van der Waals surface area contributed by atoms with Gasteiger partial charge in [0, 0.05) is 12.8 Å². The molecule has 0 aromatic heterocycles. The topological polar surface area (TPSA) is 119 Å². The van der Waals surface area contributed by atoms with Gasteiger partial charge in [-0.1, -0.05) is 156 Å². The van der Waals surface area contributed by atoms with Gasteiger partial charge in [0.2, 0.25) is 0 Å². The maximum absolute atomic E-state index is 12.4. The number of phosphoric acid groups is 1. The molecule has 0 aromatic carbocycles.